The number of likely N-dealkylation sites (N-methyl/N-ethyl adjacent to an activating group) is 1. The van der Waals surface area contributed by atoms with Gasteiger partial charge in [-0.05, 0) is 18.4 Å². The summed E-state index contributed by atoms with van der Waals surface area (Å²) in [5.41, 5.74) is 0.819. The maximum absolute atomic E-state index is 12.7. The van der Waals surface area contributed by atoms with Crippen LogP contribution in [0.3, 0.4) is 0 Å². The topological polar surface area (TPSA) is 59.1 Å². The molecule has 0 radical (unpaired) electrons. The van der Waals surface area contributed by atoms with Crippen LogP contribution in [0.25, 0.3) is 0 Å². The molecule has 5 atom stereocenters. The average molecular weight is 358 g/mol. The van der Waals surface area contributed by atoms with E-state index in [1.54, 1.807) is 0 Å². The third-order valence-corrected chi connectivity index (χ3v) is 7.14. The highest BCUT2D eigenvalue weighted by Gasteiger charge is 2.72. The molecule has 1 saturated carbocycles. The molecule has 1 aromatic rings. The number of nitrogens with zero attached hydrogens (tertiary/aromatic N) is 1. The molecular weight excluding hydrogens is 330 g/mol. The second-order valence-corrected chi connectivity index (χ2v) is 8.85. The molecule has 0 aromatic heterocycles. The summed E-state index contributed by atoms with van der Waals surface area (Å²) in [5.74, 6) is 0.00309. The van der Waals surface area contributed by atoms with Gasteiger partial charge in [-0.15, -0.1) is 0 Å². The molecule has 1 aromatic carbocycles. The maximum atomic E-state index is 12.7. The van der Waals surface area contributed by atoms with Crippen LogP contribution in [-0.4, -0.2) is 66.2 Å². The lowest BCUT2D eigenvalue weighted by atomic mass is 9.94. The number of carbonyl (C=O) groups excluding carboxylic acids is 1. The fourth-order valence-electron chi connectivity index (χ4n) is 5.53. The third-order valence-electron chi connectivity index (χ3n) is 7.14. The van der Waals surface area contributed by atoms with Crippen LogP contribution in [0.2, 0.25) is 0 Å². The number of carbonyl (C=O) groups is 1. The number of aliphatic hydroxyl groups excluding tert-OH is 1. The minimum Gasteiger partial charge on any atom is -0.461 e. The van der Waals surface area contributed by atoms with E-state index in [1.807, 2.05) is 30.3 Å². The number of benzene rings is 1. The highest BCUT2D eigenvalue weighted by atomic mass is 16.6. The smallest absolute Gasteiger partial charge is 0.316 e. The van der Waals surface area contributed by atoms with Gasteiger partial charge in [0.25, 0.3) is 0 Å². The molecule has 5 nitrogen and oxygen atoms in total. The Morgan fingerprint density at radius 3 is 2.46 bits per heavy atom. The van der Waals surface area contributed by atoms with Crippen LogP contribution in [-0.2, 0) is 14.3 Å². The number of esters is 1. The minimum atomic E-state index is -0.589. The van der Waals surface area contributed by atoms with E-state index in [0.717, 1.165) is 28.8 Å². The molecule has 1 N–H and O–H groups in total. The molecule has 1 aliphatic carbocycles. The van der Waals surface area contributed by atoms with Crippen LogP contribution in [0.4, 0.5) is 0 Å². The molecule has 0 spiro atoms. The van der Waals surface area contributed by atoms with Crippen molar-refractivity contribution in [3.63, 3.8) is 0 Å². The maximum Gasteiger partial charge on any atom is 0.316 e. The van der Waals surface area contributed by atoms with E-state index >= 15 is 0 Å². The second-order valence-electron chi connectivity index (χ2n) is 8.85. The Balaban J connectivity index is 1.27. The highest BCUT2D eigenvalue weighted by Crippen LogP contribution is 2.54. The summed E-state index contributed by atoms with van der Waals surface area (Å²) in [6, 6.07) is 10.4. The zero-order valence-corrected chi connectivity index (χ0v) is 15.3. The van der Waals surface area contributed by atoms with Crippen LogP contribution in [0.15, 0.2) is 30.3 Å². The molecule has 26 heavy (non-hydrogen) atoms. The fraction of sp³-hybridized carbons (Fsp3) is 0.667. The normalized spacial score (nSPS) is 41.4. The van der Waals surface area contributed by atoms with Gasteiger partial charge in [0.2, 0.25) is 0 Å². The average Bonchev–Trinajstić information content (AvgIpc) is 3.51. The Morgan fingerprint density at radius 2 is 1.88 bits per heavy atom. The first-order chi connectivity index (χ1) is 12.6. The van der Waals surface area contributed by atoms with E-state index < -0.39 is 5.92 Å². The van der Waals surface area contributed by atoms with Gasteiger partial charge < -0.3 is 19.1 Å². The molecule has 3 heterocycles. The van der Waals surface area contributed by atoms with Crippen molar-refractivity contribution in [2.24, 2.45) is 5.92 Å². The van der Waals surface area contributed by atoms with Crippen molar-refractivity contribution in [1.29, 1.82) is 0 Å². The van der Waals surface area contributed by atoms with Gasteiger partial charge in [-0.25, -0.2) is 0 Å². The molecule has 4 aliphatic rings. The first-order valence-corrected chi connectivity index (χ1v) is 9.97. The lowest BCUT2D eigenvalue weighted by molar-refractivity contribution is -0.957. The quantitative estimate of drug-likeness (QED) is 0.479. The Labute approximate surface area is 154 Å². The molecule has 3 aliphatic heterocycles. The summed E-state index contributed by atoms with van der Waals surface area (Å²) in [7, 11) is 2.39. The standard InChI is InChI=1S/C21H28NO4/c1-22(11-13-7-8-13)17-9-15(10-18(22)20-19(17)26-20)25-21(24)16(12-23)14-5-3-2-4-6-14/h2-6,13,15-20,23H,7-12H2,1H3/q+1/t15?,16-,17?,18?,19?,20?,22?/m1/s1. The van der Waals surface area contributed by atoms with Gasteiger partial charge in [-0.2, -0.15) is 0 Å². The number of rotatable bonds is 6. The van der Waals surface area contributed by atoms with Crippen molar-refractivity contribution in [1.82, 2.24) is 0 Å². The first kappa shape index (κ1) is 16.7. The zero-order valence-electron chi connectivity index (χ0n) is 15.3. The third kappa shape index (κ3) is 2.68. The van der Waals surface area contributed by atoms with Gasteiger partial charge in [0.1, 0.15) is 36.3 Å². The zero-order chi connectivity index (χ0) is 17.9. The minimum absolute atomic E-state index is 0.0444. The summed E-state index contributed by atoms with van der Waals surface area (Å²) in [6.45, 7) is 1.04. The fourth-order valence-corrected chi connectivity index (χ4v) is 5.53. The van der Waals surface area contributed by atoms with Crippen LogP contribution in [0.5, 0.6) is 0 Å². The molecule has 2 bridgehead atoms. The Bertz CT molecular complexity index is 671. The number of aliphatic hydroxyl groups is 1. The predicted molar refractivity (Wildman–Crippen MR) is 95.4 cm³/mol. The molecule has 140 valence electrons. The van der Waals surface area contributed by atoms with Crippen molar-refractivity contribution in [3.05, 3.63) is 35.9 Å². The number of hydrogen-bond donors (Lipinski definition) is 1. The van der Waals surface area contributed by atoms with Crippen LogP contribution in [0.1, 0.15) is 37.2 Å². The summed E-state index contributed by atoms with van der Waals surface area (Å²) < 4.78 is 12.9. The summed E-state index contributed by atoms with van der Waals surface area (Å²) in [4.78, 5) is 12.7. The number of epoxide rings is 1. The highest BCUT2D eigenvalue weighted by molar-refractivity contribution is 5.78. The molecule has 3 saturated heterocycles. The van der Waals surface area contributed by atoms with Crippen molar-refractivity contribution in [2.75, 3.05) is 20.2 Å². The number of quaternary nitrogens is 1. The molecule has 5 rings (SSSR count). The summed E-state index contributed by atoms with van der Waals surface area (Å²) in [6.07, 6.45) is 5.22. The Morgan fingerprint density at radius 1 is 1.23 bits per heavy atom. The lowest BCUT2D eigenvalue weighted by Crippen LogP contribution is -2.63. The van der Waals surface area contributed by atoms with E-state index in [1.165, 1.54) is 19.4 Å². The van der Waals surface area contributed by atoms with Crippen LogP contribution < -0.4 is 0 Å². The molecular formula is C21H28NO4+. The predicted octanol–water partition coefficient (Wildman–Crippen LogP) is 1.84. The van der Waals surface area contributed by atoms with Gasteiger partial charge in [-0.3, -0.25) is 4.79 Å². The van der Waals surface area contributed by atoms with E-state index in [4.69, 9.17) is 9.47 Å². The number of fused-ring (bicyclic) bond motifs is 5. The van der Waals surface area contributed by atoms with Crippen molar-refractivity contribution in [2.45, 2.75) is 62.0 Å². The number of ether oxygens (including phenoxy) is 2. The Kier molecular flexibility index (Phi) is 3.89. The van der Waals surface area contributed by atoms with Crippen molar-refractivity contribution in [3.8, 4) is 0 Å². The molecule has 4 fully saturated rings. The summed E-state index contributed by atoms with van der Waals surface area (Å²) >= 11 is 0. The van der Waals surface area contributed by atoms with Crippen LogP contribution in [0, 0.1) is 5.92 Å². The van der Waals surface area contributed by atoms with E-state index in [9.17, 15) is 9.90 Å². The largest absolute Gasteiger partial charge is 0.461 e. The van der Waals surface area contributed by atoms with E-state index in [-0.39, 0.29) is 18.7 Å². The number of piperidine rings is 1. The van der Waals surface area contributed by atoms with Crippen molar-refractivity contribution < 1.29 is 23.9 Å². The first-order valence-electron chi connectivity index (χ1n) is 9.97. The van der Waals surface area contributed by atoms with Gasteiger partial charge in [0.05, 0.1) is 20.2 Å². The van der Waals surface area contributed by atoms with Crippen LogP contribution >= 0.6 is 0 Å². The second kappa shape index (κ2) is 6.04. The van der Waals surface area contributed by atoms with Gasteiger partial charge in [0, 0.05) is 18.8 Å². The number of hydrogen-bond acceptors (Lipinski definition) is 4. The van der Waals surface area contributed by atoms with Gasteiger partial charge in [0.15, 0.2) is 0 Å². The summed E-state index contributed by atoms with van der Waals surface area (Å²) in [5, 5.41) is 9.71. The number of morpholine rings is 1. The van der Waals surface area contributed by atoms with Gasteiger partial charge in [-0.1, -0.05) is 30.3 Å². The lowest BCUT2D eigenvalue weighted by Gasteiger charge is -2.48. The molecule has 0 amide bonds. The SMILES string of the molecule is C[N+]1(CC2CC2)C2CC(OC(=O)[C@H](CO)c3ccccc3)CC1C1OC12. The van der Waals surface area contributed by atoms with E-state index in [0.29, 0.717) is 24.3 Å². The molecule has 5 heteroatoms. The monoisotopic (exact) mass is 358 g/mol. The van der Waals surface area contributed by atoms with E-state index in [2.05, 4.69) is 7.05 Å². The molecule has 4 unspecified atom stereocenters. The Hall–Kier alpha value is -1.43. The van der Waals surface area contributed by atoms with Gasteiger partial charge >= 0.3 is 5.97 Å². The van der Waals surface area contributed by atoms with Crippen molar-refractivity contribution >= 4 is 5.97 Å².